The number of benzene rings is 2. The van der Waals surface area contributed by atoms with Crippen LogP contribution < -0.4 is 4.74 Å². The van der Waals surface area contributed by atoms with Gasteiger partial charge in [-0.1, -0.05) is 42.5 Å². The van der Waals surface area contributed by atoms with Gasteiger partial charge in [0.05, 0.1) is 7.11 Å². The van der Waals surface area contributed by atoms with Crippen LogP contribution in [0.1, 0.15) is 25.0 Å². The lowest BCUT2D eigenvalue weighted by atomic mass is 10.2. The highest BCUT2D eigenvalue weighted by molar-refractivity contribution is 5.89. The molecule has 0 radical (unpaired) electrons. The van der Waals surface area contributed by atoms with Gasteiger partial charge in [-0.05, 0) is 43.2 Å². The summed E-state index contributed by atoms with van der Waals surface area (Å²) in [6.45, 7) is 4.08. The summed E-state index contributed by atoms with van der Waals surface area (Å²) in [4.78, 5) is 26.0. The summed E-state index contributed by atoms with van der Waals surface area (Å²) in [7, 11) is 1.59. The first-order valence-electron chi connectivity index (χ1n) is 8.82. The molecule has 5 heteroatoms. The van der Waals surface area contributed by atoms with E-state index >= 15 is 0 Å². The third-order valence-electron chi connectivity index (χ3n) is 4.01. The Morgan fingerprint density at radius 3 is 2.30 bits per heavy atom. The molecule has 0 saturated carbocycles. The Morgan fingerprint density at radius 2 is 1.70 bits per heavy atom. The van der Waals surface area contributed by atoms with Gasteiger partial charge in [-0.2, -0.15) is 0 Å². The predicted molar refractivity (Wildman–Crippen MR) is 105 cm³/mol. The third-order valence-corrected chi connectivity index (χ3v) is 4.01. The van der Waals surface area contributed by atoms with E-state index in [0.717, 1.165) is 16.9 Å². The summed E-state index contributed by atoms with van der Waals surface area (Å²) in [5.41, 5.74) is 1.87. The lowest BCUT2D eigenvalue weighted by molar-refractivity contribution is -0.149. The van der Waals surface area contributed by atoms with Gasteiger partial charge in [0.25, 0.3) is 5.91 Å². The molecule has 0 aliphatic carbocycles. The van der Waals surface area contributed by atoms with Crippen molar-refractivity contribution in [2.75, 3.05) is 13.7 Å². The summed E-state index contributed by atoms with van der Waals surface area (Å²) in [6, 6.07) is 17.0. The Kier molecular flexibility index (Phi) is 7.62. The Bertz CT molecular complexity index is 767. The van der Waals surface area contributed by atoms with Crippen molar-refractivity contribution < 1.29 is 19.1 Å². The van der Waals surface area contributed by atoms with Crippen LogP contribution in [0.25, 0.3) is 6.08 Å². The molecule has 0 saturated heterocycles. The van der Waals surface area contributed by atoms with Gasteiger partial charge in [0.1, 0.15) is 5.75 Å². The highest BCUT2D eigenvalue weighted by Crippen LogP contribution is 2.12. The number of ether oxygens (including phenoxy) is 2. The highest BCUT2D eigenvalue weighted by atomic mass is 16.5. The first kappa shape index (κ1) is 20.2. The fraction of sp³-hybridized carbons (Fsp3) is 0.273. The lowest BCUT2D eigenvalue weighted by Gasteiger charge is -2.26. The average molecular weight is 367 g/mol. The van der Waals surface area contributed by atoms with Crippen LogP contribution in [0, 0.1) is 0 Å². The van der Waals surface area contributed by atoms with Gasteiger partial charge in [0.2, 0.25) is 0 Å². The van der Waals surface area contributed by atoms with Crippen LogP contribution >= 0.6 is 0 Å². The van der Waals surface area contributed by atoms with E-state index in [2.05, 4.69) is 0 Å². The van der Waals surface area contributed by atoms with Gasteiger partial charge < -0.3 is 14.4 Å². The molecule has 0 aliphatic rings. The minimum absolute atomic E-state index is 0.00579. The molecule has 0 fully saturated rings. The van der Waals surface area contributed by atoms with Crippen LogP contribution in [0.3, 0.4) is 0 Å². The zero-order valence-electron chi connectivity index (χ0n) is 15.9. The Hall–Kier alpha value is -3.08. The van der Waals surface area contributed by atoms with Gasteiger partial charge >= 0.3 is 5.97 Å². The highest BCUT2D eigenvalue weighted by Gasteiger charge is 2.18. The van der Waals surface area contributed by atoms with Gasteiger partial charge in [0, 0.05) is 18.7 Å². The summed E-state index contributed by atoms with van der Waals surface area (Å²) in [5.74, 6) is -0.0323. The van der Waals surface area contributed by atoms with Gasteiger partial charge in [0.15, 0.2) is 6.61 Å². The number of carbonyl (C=O) groups excluding carboxylic acids is 2. The molecule has 0 aliphatic heterocycles. The zero-order chi connectivity index (χ0) is 19.6. The van der Waals surface area contributed by atoms with E-state index in [1.165, 1.54) is 6.08 Å². The van der Waals surface area contributed by atoms with E-state index in [1.807, 2.05) is 56.3 Å². The van der Waals surface area contributed by atoms with Crippen LogP contribution in [0.5, 0.6) is 5.75 Å². The largest absolute Gasteiger partial charge is 0.497 e. The SMILES string of the molecule is COc1ccc(/C=C/C(=O)OCC(=O)N(Cc2ccccc2)C(C)C)cc1. The summed E-state index contributed by atoms with van der Waals surface area (Å²) >= 11 is 0. The summed E-state index contributed by atoms with van der Waals surface area (Å²) in [6.07, 6.45) is 2.95. The third kappa shape index (κ3) is 6.62. The number of nitrogens with zero attached hydrogens (tertiary/aromatic N) is 1. The molecular weight excluding hydrogens is 342 g/mol. The van der Waals surface area contributed by atoms with Crippen molar-refractivity contribution in [2.45, 2.75) is 26.4 Å². The lowest BCUT2D eigenvalue weighted by Crippen LogP contribution is -2.39. The van der Waals surface area contributed by atoms with Crippen molar-refractivity contribution in [2.24, 2.45) is 0 Å². The standard InChI is InChI=1S/C22H25NO4/c1-17(2)23(15-19-7-5-4-6-8-19)21(24)16-27-22(25)14-11-18-9-12-20(26-3)13-10-18/h4-14,17H,15-16H2,1-3H3/b14-11+. The quantitative estimate of drug-likeness (QED) is 0.527. The molecule has 0 aromatic heterocycles. The van der Waals surface area contributed by atoms with Crippen molar-refractivity contribution >= 4 is 18.0 Å². The van der Waals surface area contributed by atoms with E-state index in [-0.39, 0.29) is 18.6 Å². The van der Waals surface area contributed by atoms with Crippen molar-refractivity contribution in [1.82, 2.24) is 4.90 Å². The second-order valence-corrected chi connectivity index (χ2v) is 6.32. The van der Waals surface area contributed by atoms with Crippen molar-refractivity contribution in [3.05, 3.63) is 71.8 Å². The van der Waals surface area contributed by atoms with Crippen molar-refractivity contribution in [3.8, 4) is 5.75 Å². The molecular formula is C22H25NO4. The molecule has 0 N–H and O–H groups in total. The number of carbonyl (C=O) groups is 2. The van der Waals surface area contributed by atoms with E-state index < -0.39 is 5.97 Å². The summed E-state index contributed by atoms with van der Waals surface area (Å²) in [5, 5.41) is 0. The molecule has 0 heterocycles. The maximum atomic E-state index is 12.4. The maximum Gasteiger partial charge on any atom is 0.331 e. The normalized spacial score (nSPS) is 10.8. The second-order valence-electron chi connectivity index (χ2n) is 6.32. The molecule has 2 rings (SSSR count). The van der Waals surface area contributed by atoms with E-state index in [1.54, 1.807) is 30.2 Å². The fourth-order valence-electron chi connectivity index (χ4n) is 2.48. The molecule has 0 atom stereocenters. The second kappa shape index (κ2) is 10.2. The maximum absolute atomic E-state index is 12.4. The predicted octanol–water partition coefficient (Wildman–Crippen LogP) is 3.69. The number of methoxy groups -OCH3 is 1. The van der Waals surface area contributed by atoms with Crippen LogP contribution in [0.4, 0.5) is 0 Å². The monoisotopic (exact) mass is 367 g/mol. The fourth-order valence-corrected chi connectivity index (χ4v) is 2.48. The Morgan fingerprint density at radius 1 is 1.04 bits per heavy atom. The molecule has 0 unspecified atom stereocenters. The van der Waals surface area contributed by atoms with E-state index in [0.29, 0.717) is 6.54 Å². The topological polar surface area (TPSA) is 55.8 Å². The summed E-state index contributed by atoms with van der Waals surface area (Å²) < 4.78 is 10.2. The van der Waals surface area contributed by atoms with Crippen molar-refractivity contribution in [3.63, 3.8) is 0 Å². The van der Waals surface area contributed by atoms with Crippen molar-refractivity contribution in [1.29, 1.82) is 0 Å². The number of esters is 1. The van der Waals surface area contributed by atoms with Gasteiger partial charge in [-0.25, -0.2) is 4.79 Å². The minimum atomic E-state index is -0.553. The van der Waals surface area contributed by atoms with Crippen LogP contribution in [0.15, 0.2) is 60.7 Å². The molecule has 142 valence electrons. The number of hydrogen-bond acceptors (Lipinski definition) is 4. The molecule has 0 spiro atoms. The number of hydrogen-bond donors (Lipinski definition) is 0. The van der Waals surface area contributed by atoms with E-state index in [4.69, 9.17) is 9.47 Å². The van der Waals surface area contributed by atoms with Crippen LogP contribution in [-0.4, -0.2) is 36.5 Å². The minimum Gasteiger partial charge on any atom is -0.497 e. The molecule has 5 nitrogen and oxygen atoms in total. The van der Waals surface area contributed by atoms with Gasteiger partial charge in [-0.15, -0.1) is 0 Å². The van der Waals surface area contributed by atoms with Gasteiger partial charge in [-0.3, -0.25) is 4.79 Å². The van der Waals surface area contributed by atoms with Crippen LogP contribution in [-0.2, 0) is 20.9 Å². The molecule has 2 aromatic rings. The Balaban J connectivity index is 1.87. The molecule has 2 aromatic carbocycles. The Labute approximate surface area is 160 Å². The number of amides is 1. The first-order valence-corrected chi connectivity index (χ1v) is 8.82. The van der Waals surface area contributed by atoms with E-state index in [9.17, 15) is 9.59 Å². The first-order chi connectivity index (χ1) is 13.0. The number of rotatable bonds is 8. The zero-order valence-corrected chi connectivity index (χ0v) is 15.9. The smallest absolute Gasteiger partial charge is 0.331 e. The average Bonchev–Trinajstić information content (AvgIpc) is 2.69. The van der Waals surface area contributed by atoms with Crippen LogP contribution in [0.2, 0.25) is 0 Å². The molecule has 1 amide bonds. The molecule has 0 bridgehead atoms. The molecule has 27 heavy (non-hydrogen) atoms.